The van der Waals surface area contributed by atoms with Crippen LogP contribution in [0.15, 0.2) is 27.0 Å². The van der Waals surface area contributed by atoms with Crippen molar-refractivity contribution < 1.29 is 12.8 Å². The predicted octanol–water partition coefficient (Wildman–Crippen LogP) is 2.22. The van der Waals surface area contributed by atoms with Gasteiger partial charge in [0.15, 0.2) is 5.89 Å². The molecule has 0 aromatic carbocycles. The van der Waals surface area contributed by atoms with Crippen LogP contribution in [0.4, 0.5) is 0 Å². The molecule has 0 fully saturated rings. The zero-order valence-electron chi connectivity index (χ0n) is 9.51. The molecule has 0 spiro atoms. The summed E-state index contributed by atoms with van der Waals surface area (Å²) in [7, 11) is -3.48. The molecule has 2 rings (SSSR count). The quantitative estimate of drug-likeness (QED) is 0.919. The van der Waals surface area contributed by atoms with Crippen molar-refractivity contribution in [3.05, 3.63) is 34.3 Å². The Kier molecular flexibility index (Phi) is 4.06. The normalized spacial score (nSPS) is 11.9. The first-order valence-corrected chi connectivity index (χ1v) is 7.81. The molecule has 1 N–H and O–H groups in total. The number of nitrogens with zero attached hydrogens (tertiary/aromatic N) is 1. The molecule has 8 heteroatoms. The molecule has 18 heavy (non-hydrogen) atoms. The van der Waals surface area contributed by atoms with Gasteiger partial charge in [-0.1, -0.05) is 11.6 Å². The molecule has 0 saturated heterocycles. The summed E-state index contributed by atoms with van der Waals surface area (Å²) >= 11 is 6.73. The highest BCUT2D eigenvalue weighted by Gasteiger charge is 2.16. The maximum absolute atomic E-state index is 11.8. The molecule has 0 amide bonds. The summed E-state index contributed by atoms with van der Waals surface area (Å²) in [5, 5.41) is 0. The molecular formula is C10H11ClN2O3S2. The van der Waals surface area contributed by atoms with Gasteiger partial charge >= 0.3 is 0 Å². The fourth-order valence-electron chi connectivity index (χ4n) is 1.35. The zero-order chi connectivity index (χ0) is 13.2. The second-order valence-corrected chi connectivity index (χ2v) is 7.27. The minimum absolute atomic E-state index is 0.212. The van der Waals surface area contributed by atoms with E-state index in [0.29, 0.717) is 16.6 Å². The van der Waals surface area contributed by atoms with E-state index in [1.165, 1.54) is 12.3 Å². The van der Waals surface area contributed by atoms with E-state index in [-0.39, 0.29) is 10.8 Å². The average Bonchev–Trinajstić information content (AvgIpc) is 2.88. The molecule has 0 aliphatic rings. The Morgan fingerprint density at radius 2 is 2.28 bits per heavy atom. The van der Waals surface area contributed by atoms with Crippen molar-refractivity contribution in [2.75, 3.05) is 6.54 Å². The summed E-state index contributed by atoms with van der Waals surface area (Å²) in [5.74, 6) is 0.567. The van der Waals surface area contributed by atoms with Gasteiger partial charge in [-0.3, -0.25) is 0 Å². The first-order chi connectivity index (χ1) is 8.47. The molecule has 0 bridgehead atoms. The van der Waals surface area contributed by atoms with E-state index in [2.05, 4.69) is 9.71 Å². The number of aryl methyl sites for hydroxylation is 1. The third-order valence-corrected chi connectivity index (χ3v) is 5.34. The lowest BCUT2D eigenvalue weighted by atomic mass is 10.3. The number of aromatic nitrogens is 1. The molecule has 0 saturated carbocycles. The molecule has 2 aromatic rings. The van der Waals surface area contributed by atoms with Gasteiger partial charge in [0.25, 0.3) is 0 Å². The van der Waals surface area contributed by atoms with Crippen molar-refractivity contribution in [3.8, 4) is 0 Å². The van der Waals surface area contributed by atoms with Crippen LogP contribution in [0.25, 0.3) is 0 Å². The van der Waals surface area contributed by atoms with Crippen LogP contribution in [0.2, 0.25) is 4.34 Å². The number of hydrogen-bond donors (Lipinski definition) is 1. The van der Waals surface area contributed by atoms with Crippen LogP contribution < -0.4 is 4.72 Å². The third-order valence-electron chi connectivity index (χ3n) is 2.15. The van der Waals surface area contributed by atoms with Gasteiger partial charge in [0.2, 0.25) is 10.0 Å². The van der Waals surface area contributed by atoms with Gasteiger partial charge in [0.05, 0.1) is 10.0 Å². The lowest BCUT2D eigenvalue weighted by Gasteiger charge is -2.02. The molecular weight excluding hydrogens is 296 g/mol. The minimum Gasteiger partial charge on any atom is -0.449 e. The van der Waals surface area contributed by atoms with Gasteiger partial charge in [-0.2, -0.15) is 0 Å². The highest BCUT2D eigenvalue weighted by molar-refractivity contribution is 7.91. The zero-order valence-corrected chi connectivity index (χ0v) is 11.9. The van der Waals surface area contributed by atoms with E-state index in [1.807, 2.05) is 0 Å². The van der Waals surface area contributed by atoms with Crippen molar-refractivity contribution >= 4 is 33.0 Å². The number of oxazole rings is 1. The second kappa shape index (κ2) is 5.40. The number of thiophene rings is 1. The van der Waals surface area contributed by atoms with Gasteiger partial charge in [-0.05, 0) is 12.1 Å². The molecule has 2 heterocycles. The highest BCUT2D eigenvalue weighted by atomic mass is 35.5. The van der Waals surface area contributed by atoms with Crippen molar-refractivity contribution in [2.45, 2.75) is 17.6 Å². The van der Waals surface area contributed by atoms with Gasteiger partial charge in [0.1, 0.15) is 10.5 Å². The Bertz CT molecular complexity index is 633. The predicted molar refractivity (Wildman–Crippen MR) is 69.5 cm³/mol. The van der Waals surface area contributed by atoms with E-state index in [1.54, 1.807) is 13.0 Å². The summed E-state index contributed by atoms with van der Waals surface area (Å²) in [6.45, 7) is 2.01. The topological polar surface area (TPSA) is 72.2 Å². The van der Waals surface area contributed by atoms with Gasteiger partial charge < -0.3 is 4.42 Å². The Balaban J connectivity index is 1.93. The summed E-state index contributed by atoms with van der Waals surface area (Å²) < 4.78 is 31.9. The maximum atomic E-state index is 11.8. The van der Waals surface area contributed by atoms with Gasteiger partial charge in [0, 0.05) is 19.9 Å². The highest BCUT2D eigenvalue weighted by Crippen LogP contribution is 2.25. The standard InChI is InChI=1S/C10H11ClN2O3S2/c1-7-13-8(6-16-7)4-5-12-18(14,15)10-3-2-9(11)17-10/h2-3,6,12H,4-5H2,1H3. The Hall–Kier alpha value is -0.890. The van der Waals surface area contributed by atoms with Crippen molar-refractivity contribution in [1.29, 1.82) is 0 Å². The third kappa shape index (κ3) is 3.32. The van der Waals surface area contributed by atoms with Crippen LogP contribution in [0, 0.1) is 6.92 Å². The summed E-state index contributed by atoms with van der Waals surface area (Å²) in [6, 6.07) is 3.04. The first kappa shape index (κ1) is 13.5. The largest absolute Gasteiger partial charge is 0.449 e. The van der Waals surface area contributed by atoms with E-state index in [0.717, 1.165) is 17.0 Å². The van der Waals surface area contributed by atoms with E-state index < -0.39 is 10.0 Å². The number of sulfonamides is 1. The van der Waals surface area contributed by atoms with E-state index >= 15 is 0 Å². The van der Waals surface area contributed by atoms with Crippen LogP contribution in [0.3, 0.4) is 0 Å². The van der Waals surface area contributed by atoms with Crippen LogP contribution in [-0.4, -0.2) is 19.9 Å². The first-order valence-electron chi connectivity index (χ1n) is 5.13. The fourth-order valence-corrected chi connectivity index (χ4v) is 3.91. The Labute approximate surface area is 114 Å². The van der Waals surface area contributed by atoms with Gasteiger partial charge in [-0.25, -0.2) is 18.1 Å². The lowest BCUT2D eigenvalue weighted by molar-refractivity contribution is 0.520. The molecule has 2 aromatic heterocycles. The summed E-state index contributed by atoms with van der Waals surface area (Å²) in [5.41, 5.74) is 0.722. The van der Waals surface area contributed by atoms with E-state index in [4.69, 9.17) is 16.0 Å². The summed E-state index contributed by atoms with van der Waals surface area (Å²) in [4.78, 5) is 4.09. The van der Waals surface area contributed by atoms with Gasteiger partial charge in [-0.15, -0.1) is 11.3 Å². The molecule has 0 aliphatic heterocycles. The molecule has 0 unspecified atom stereocenters. The van der Waals surface area contributed by atoms with Crippen LogP contribution in [-0.2, 0) is 16.4 Å². The second-order valence-electron chi connectivity index (χ2n) is 3.56. The number of hydrogen-bond acceptors (Lipinski definition) is 5. The monoisotopic (exact) mass is 306 g/mol. The lowest BCUT2D eigenvalue weighted by Crippen LogP contribution is -2.25. The van der Waals surface area contributed by atoms with Crippen molar-refractivity contribution in [2.24, 2.45) is 0 Å². The minimum atomic E-state index is -3.48. The van der Waals surface area contributed by atoms with Crippen LogP contribution in [0.1, 0.15) is 11.6 Å². The molecule has 0 atom stereocenters. The maximum Gasteiger partial charge on any atom is 0.250 e. The Morgan fingerprint density at radius 3 is 2.83 bits per heavy atom. The molecule has 0 aliphatic carbocycles. The fraction of sp³-hybridized carbons (Fsp3) is 0.300. The van der Waals surface area contributed by atoms with Crippen molar-refractivity contribution in [1.82, 2.24) is 9.71 Å². The molecule has 0 radical (unpaired) electrons. The van der Waals surface area contributed by atoms with Crippen molar-refractivity contribution in [3.63, 3.8) is 0 Å². The smallest absolute Gasteiger partial charge is 0.250 e. The number of rotatable bonds is 5. The summed E-state index contributed by atoms with van der Waals surface area (Å²) in [6.07, 6.45) is 2.00. The van der Waals surface area contributed by atoms with Crippen LogP contribution in [0.5, 0.6) is 0 Å². The SMILES string of the molecule is Cc1nc(CCNS(=O)(=O)c2ccc(Cl)s2)co1. The number of halogens is 1. The van der Waals surface area contributed by atoms with E-state index in [9.17, 15) is 8.42 Å². The van der Waals surface area contributed by atoms with Crippen LogP contribution >= 0.6 is 22.9 Å². The molecule has 5 nitrogen and oxygen atoms in total. The average molecular weight is 307 g/mol. The molecule has 98 valence electrons. The Morgan fingerprint density at radius 1 is 1.50 bits per heavy atom. The number of nitrogens with one attached hydrogen (secondary N) is 1.